The first kappa shape index (κ1) is 17.5. The lowest BCUT2D eigenvalue weighted by molar-refractivity contribution is -0.133. The maximum absolute atomic E-state index is 12.6. The molecule has 0 fully saturated rings. The van der Waals surface area contributed by atoms with Crippen molar-refractivity contribution in [3.8, 4) is 0 Å². The molecule has 0 bridgehead atoms. The van der Waals surface area contributed by atoms with Crippen LogP contribution in [-0.4, -0.2) is 34.6 Å². The summed E-state index contributed by atoms with van der Waals surface area (Å²) in [6.45, 7) is 6.31. The number of carbonyl (C=O) groups excluding carboxylic acids is 1. The number of carbonyl (C=O) groups is 2. The molecule has 0 aliphatic heterocycles. The molecule has 0 saturated carbocycles. The molecule has 1 aromatic rings. The van der Waals surface area contributed by atoms with Crippen LogP contribution in [0.4, 0.5) is 4.79 Å². The van der Waals surface area contributed by atoms with Crippen LogP contribution in [0.2, 0.25) is 0 Å². The molecule has 0 saturated heterocycles. The summed E-state index contributed by atoms with van der Waals surface area (Å²) in [6, 6.07) is 8.78. The molecule has 5 nitrogen and oxygen atoms in total. The molecular weight excluding hydrogens is 280 g/mol. The first-order valence-electron chi connectivity index (χ1n) is 7.12. The molecule has 22 heavy (non-hydrogen) atoms. The van der Waals surface area contributed by atoms with Crippen molar-refractivity contribution in [2.75, 3.05) is 6.54 Å². The Bertz CT molecular complexity index is 526. The zero-order valence-electron chi connectivity index (χ0n) is 12.7. The number of carboxylic acid groups (broad SMARTS) is 1. The summed E-state index contributed by atoms with van der Waals surface area (Å²) in [5.41, 5.74) is 0.994. The second-order valence-corrected chi connectivity index (χ2v) is 4.80. The number of nitrogens with one attached hydrogen (secondary N) is 1. The molecule has 1 atom stereocenters. The van der Waals surface area contributed by atoms with E-state index in [0.717, 1.165) is 5.56 Å². The van der Waals surface area contributed by atoms with Gasteiger partial charge in [-0.2, -0.15) is 0 Å². The van der Waals surface area contributed by atoms with Gasteiger partial charge in [0.15, 0.2) is 0 Å². The fourth-order valence-corrected chi connectivity index (χ4v) is 2.03. The Kier molecular flexibility index (Phi) is 7.47. The Hall–Kier alpha value is -2.56. The molecule has 118 valence electrons. The Morgan fingerprint density at radius 3 is 2.59 bits per heavy atom. The van der Waals surface area contributed by atoms with E-state index in [2.05, 4.69) is 11.9 Å². The summed E-state index contributed by atoms with van der Waals surface area (Å²) >= 11 is 0. The number of hydrogen-bond donors (Lipinski definition) is 2. The fourth-order valence-electron chi connectivity index (χ4n) is 2.03. The van der Waals surface area contributed by atoms with Crippen molar-refractivity contribution in [2.45, 2.75) is 25.9 Å². The summed E-state index contributed by atoms with van der Waals surface area (Å²) in [5, 5.41) is 11.1. The monoisotopic (exact) mass is 302 g/mol. The normalized spacial score (nSPS) is 11.9. The number of amides is 2. The van der Waals surface area contributed by atoms with E-state index in [0.29, 0.717) is 13.1 Å². The molecule has 0 aliphatic carbocycles. The SMILES string of the molecule is C=CCC(NC(=O)O)C(=O)N(CC=CC)Cc1ccccc1. The average molecular weight is 302 g/mol. The highest BCUT2D eigenvalue weighted by molar-refractivity contribution is 5.85. The number of benzene rings is 1. The highest BCUT2D eigenvalue weighted by atomic mass is 16.4. The highest BCUT2D eigenvalue weighted by Crippen LogP contribution is 2.08. The van der Waals surface area contributed by atoms with Gasteiger partial charge in [-0.3, -0.25) is 4.79 Å². The van der Waals surface area contributed by atoms with E-state index in [1.807, 2.05) is 49.4 Å². The van der Waals surface area contributed by atoms with Crippen molar-refractivity contribution in [2.24, 2.45) is 0 Å². The quantitative estimate of drug-likeness (QED) is 0.725. The van der Waals surface area contributed by atoms with E-state index >= 15 is 0 Å². The van der Waals surface area contributed by atoms with Gasteiger partial charge in [0.25, 0.3) is 0 Å². The zero-order chi connectivity index (χ0) is 16.4. The minimum atomic E-state index is -1.22. The lowest BCUT2D eigenvalue weighted by Gasteiger charge is -2.26. The van der Waals surface area contributed by atoms with Crippen LogP contribution in [-0.2, 0) is 11.3 Å². The van der Waals surface area contributed by atoms with Crippen LogP contribution >= 0.6 is 0 Å². The smallest absolute Gasteiger partial charge is 0.405 e. The predicted molar refractivity (Wildman–Crippen MR) is 86.4 cm³/mol. The van der Waals surface area contributed by atoms with Crippen LogP contribution < -0.4 is 5.32 Å². The zero-order valence-corrected chi connectivity index (χ0v) is 12.7. The molecule has 0 radical (unpaired) electrons. The molecule has 1 unspecified atom stereocenters. The first-order valence-corrected chi connectivity index (χ1v) is 7.12. The largest absolute Gasteiger partial charge is 0.465 e. The first-order chi connectivity index (χ1) is 10.6. The van der Waals surface area contributed by atoms with Gasteiger partial charge in [-0.05, 0) is 18.9 Å². The molecule has 0 aromatic heterocycles. The molecule has 5 heteroatoms. The second kappa shape index (κ2) is 9.39. The summed E-state index contributed by atoms with van der Waals surface area (Å²) < 4.78 is 0. The highest BCUT2D eigenvalue weighted by Gasteiger charge is 2.24. The average Bonchev–Trinajstić information content (AvgIpc) is 2.51. The molecule has 2 amide bonds. The maximum Gasteiger partial charge on any atom is 0.405 e. The summed E-state index contributed by atoms with van der Waals surface area (Å²) in [6.07, 6.45) is 4.30. The fraction of sp³-hybridized carbons (Fsp3) is 0.294. The van der Waals surface area contributed by atoms with E-state index < -0.39 is 12.1 Å². The predicted octanol–water partition coefficient (Wildman–Crippen LogP) is 2.80. The van der Waals surface area contributed by atoms with Gasteiger partial charge in [0.05, 0.1) is 0 Å². The molecule has 0 heterocycles. The van der Waals surface area contributed by atoms with Crippen LogP contribution in [0.5, 0.6) is 0 Å². The summed E-state index contributed by atoms with van der Waals surface area (Å²) in [7, 11) is 0. The summed E-state index contributed by atoms with van der Waals surface area (Å²) in [4.78, 5) is 25.1. The minimum Gasteiger partial charge on any atom is -0.465 e. The van der Waals surface area contributed by atoms with Crippen LogP contribution in [0.25, 0.3) is 0 Å². The number of allylic oxidation sites excluding steroid dienone is 1. The lowest BCUT2D eigenvalue weighted by Crippen LogP contribution is -2.47. The van der Waals surface area contributed by atoms with Gasteiger partial charge in [0.1, 0.15) is 6.04 Å². The third-order valence-corrected chi connectivity index (χ3v) is 3.09. The maximum atomic E-state index is 12.6. The van der Waals surface area contributed by atoms with Gasteiger partial charge in [-0.25, -0.2) is 4.79 Å². The van der Waals surface area contributed by atoms with Crippen molar-refractivity contribution in [1.82, 2.24) is 10.2 Å². The Morgan fingerprint density at radius 1 is 1.36 bits per heavy atom. The van der Waals surface area contributed by atoms with Crippen molar-refractivity contribution in [3.63, 3.8) is 0 Å². The van der Waals surface area contributed by atoms with Gasteiger partial charge in [-0.1, -0.05) is 48.6 Å². The van der Waals surface area contributed by atoms with E-state index in [1.54, 1.807) is 4.90 Å². The molecule has 0 aliphatic rings. The summed E-state index contributed by atoms with van der Waals surface area (Å²) in [5.74, 6) is -0.260. The second-order valence-electron chi connectivity index (χ2n) is 4.80. The van der Waals surface area contributed by atoms with Crippen molar-refractivity contribution in [1.29, 1.82) is 0 Å². The number of hydrogen-bond acceptors (Lipinski definition) is 2. The molecular formula is C17H22N2O3. The molecule has 1 rings (SSSR count). The van der Waals surface area contributed by atoms with Crippen LogP contribution in [0, 0.1) is 0 Å². The van der Waals surface area contributed by atoms with E-state index in [1.165, 1.54) is 6.08 Å². The third kappa shape index (κ3) is 5.83. The Balaban J connectivity index is 2.89. The van der Waals surface area contributed by atoms with Crippen molar-refractivity contribution in [3.05, 3.63) is 60.7 Å². The van der Waals surface area contributed by atoms with Crippen molar-refractivity contribution >= 4 is 12.0 Å². The Labute approximate surface area is 130 Å². The molecule has 2 N–H and O–H groups in total. The van der Waals surface area contributed by atoms with Gasteiger partial charge < -0.3 is 15.3 Å². The Morgan fingerprint density at radius 2 is 2.05 bits per heavy atom. The van der Waals surface area contributed by atoms with Crippen LogP contribution in [0.1, 0.15) is 18.9 Å². The van der Waals surface area contributed by atoms with Gasteiger partial charge in [-0.15, -0.1) is 6.58 Å². The molecule has 0 spiro atoms. The lowest BCUT2D eigenvalue weighted by atomic mass is 10.1. The van der Waals surface area contributed by atoms with E-state index in [4.69, 9.17) is 5.11 Å². The van der Waals surface area contributed by atoms with Crippen molar-refractivity contribution < 1.29 is 14.7 Å². The van der Waals surface area contributed by atoms with Gasteiger partial charge in [0, 0.05) is 13.1 Å². The topological polar surface area (TPSA) is 69.6 Å². The standard InChI is InChI=1S/C17H22N2O3/c1-3-5-12-19(13-14-10-7-6-8-11-14)16(20)15(9-4-2)18-17(21)22/h3-8,10-11,15,18H,2,9,12-13H2,1H3,(H,21,22). The number of rotatable bonds is 8. The number of nitrogens with zero attached hydrogens (tertiary/aromatic N) is 1. The van der Waals surface area contributed by atoms with E-state index in [9.17, 15) is 9.59 Å². The third-order valence-electron chi connectivity index (χ3n) is 3.09. The van der Waals surface area contributed by atoms with Crippen LogP contribution in [0.15, 0.2) is 55.1 Å². The van der Waals surface area contributed by atoms with Gasteiger partial charge in [0.2, 0.25) is 5.91 Å². The van der Waals surface area contributed by atoms with Gasteiger partial charge >= 0.3 is 6.09 Å². The van der Waals surface area contributed by atoms with E-state index in [-0.39, 0.29) is 12.3 Å². The minimum absolute atomic E-state index is 0.256. The van der Waals surface area contributed by atoms with Crippen LogP contribution in [0.3, 0.4) is 0 Å². The molecule has 1 aromatic carbocycles.